The molecular formula is C16H12FN5. The number of aromatic amines is 1. The van der Waals surface area contributed by atoms with Gasteiger partial charge in [-0.3, -0.25) is 5.10 Å². The van der Waals surface area contributed by atoms with Crippen LogP contribution < -0.4 is 11.1 Å². The molecule has 0 aliphatic carbocycles. The number of anilines is 3. The molecule has 2 aromatic carbocycles. The number of halogens is 1. The number of pyridine rings is 1. The maximum Gasteiger partial charge on any atom is 0.156 e. The van der Waals surface area contributed by atoms with Crippen molar-refractivity contribution in [2.45, 2.75) is 0 Å². The van der Waals surface area contributed by atoms with Crippen LogP contribution in [0.25, 0.3) is 21.8 Å². The van der Waals surface area contributed by atoms with Gasteiger partial charge in [-0.2, -0.15) is 5.10 Å². The third-order valence-corrected chi connectivity index (χ3v) is 3.52. The van der Waals surface area contributed by atoms with Gasteiger partial charge in [0.2, 0.25) is 0 Å². The molecule has 0 aliphatic heterocycles. The van der Waals surface area contributed by atoms with Gasteiger partial charge in [-0.25, -0.2) is 9.37 Å². The average molecular weight is 293 g/mol. The molecule has 22 heavy (non-hydrogen) atoms. The summed E-state index contributed by atoms with van der Waals surface area (Å²) in [5, 5.41) is 11.8. The number of para-hydroxylation sites is 1. The van der Waals surface area contributed by atoms with Crippen molar-refractivity contribution in [2.24, 2.45) is 0 Å². The largest absolute Gasteiger partial charge is 0.382 e. The van der Waals surface area contributed by atoms with E-state index in [2.05, 4.69) is 20.5 Å². The molecule has 0 unspecified atom stereocenters. The number of nitrogens with zero attached hydrogens (tertiary/aromatic N) is 2. The highest BCUT2D eigenvalue weighted by Crippen LogP contribution is 2.32. The Balaban J connectivity index is 1.96. The molecule has 0 amide bonds. The highest BCUT2D eigenvalue weighted by Gasteiger charge is 2.14. The fourth-order valence-corrected chi connectivity index (χ4v) is 2.54. The van der Waals surface area contributed by atoms with Crippen LogP contribution in [0.4, 0.5) is 21.7 Å². The lowest BCUT2D eigenvalue weighted by molar-refractivity contribution is 0.628. The number of fused-ring (bicyclic) bond motifs is 3. The van der Waals surface area contributed by atoms with E-state index in [4.69, 9.17) is 5.73 Å². The third-order valence-electron chi connectivity index (χ3n) is 3.52. The maximum absolute atomic E-state index is 13.4. The van der Waals surface area contributed by atoms with Crippen LogP contribution in [0.15, 0.2) is 48.5 Å². The summed E-state index contributed by atoms with van der Waals surface area (Å²) in [5.41, 5.74) is 8.17. The molecule has 0 aliphatic rings. The van der Waals surface area contributed by atoms with Crippen molar-refractivity contribution >= 4 is 39.1 Å². The van der Waals surface area contributed by atoms with Crippen LogP contribution in [-0.4, -0.2) is 15.2 Å². The Morgan fingerprint density at radius 1 is 1.09 bits per heavy atom. The average Bonchev–Trinajstić information content (AvgIpc) is 2.90. The number of nitrogens with two attached hydrogens (primary N) is 1. The maximum atomic E-state index is 13.4. The summed E-state index contributed by atoms with van der Waals surface area (Å²) >= 11 is 0. The van der Waals surface area contributed by atoms with Crippen LogP contribution >= 0.6 is 0 Å². The third kappa shape index (κ3) is 1.93. The molecule has 0 saturated heterocycles. The van der Waals surface area contributed by atoms with Crippen molar-refractivity contribution < 1.29 is 4.39 Å². The minimum atomic E-state index is -0.317. The molecule has 4 aromatic rings. The minimum Gasteiger partial charge on any atom is -0.382 e. The number of benzene rings is 2. The van der Waals surface area contributed by atoms with Gasteiger partial charge >= 0.3 is 0 Å². The number of hydrogen-bond acceptors (Lipinski definition) is 4. The molecule has 0 spiro atoms. The van der Waals surface area contributed by atoms with Crippen molar-refractivity contribution in [3.63, 3.8) is 0 Å². The van der Waals surface area contributed by atoms with E-state index < -0.39 is 0 Å². The summed E-state index contributed by atoms with van der Waals surface area (Å²) in [6.45, 7) is 0. The molecule has 2 aromatic heterocycles. The first-order chi connectivity index (χ1) is 10.7. The second kappa shape index (κ2) is 4.70. The molecule has 6 heteroatoms. The Morgan fingerprint density at radius 3 is 2.82 bits per heavy atom. The first-order valence-electron chi connectivity index (χ1n) is 6.77. The molecular weight excluding hydrogens is 281 g/mol. The van der Waals surface area contributed by atoms with Gasteiger partial charge in [-0.15, -0.1) is 0 Å². The van der Waals surface area contributed by atoms with Gasteiger partial charge in [0.25, 0.3) is 0 Å². The fourth-order valence-electron chi connectivity index (χ4n) is 2.54. The quantitative estimate of drug-likeness (QED) is 0.528. The molecule has 0 atom stereocenters. The topological polar surface area (TPSA) is 79.6 Å². The summed E-state index contributed by atoms with van der Waals surface area (Å²) in [5.74, 6) is 0.583. The van der Waals surface area contributed by atoms with E-state index >= 15 is 0 Å². The highest BCUT2D eigenvalue weighted by molar-refractivity contribution is 6.12. The van der Waals surface area contributed by atoms with Gasteiger partial charge in [0.05, 0.1) is 16.4 Å². The minimum absolute atomic E-state index is 0.317. The summed E-state index contributed by atoms with van der Waals surface area (Å²) in [7, 11) is 0. The summed E-state index contributed by atoms with van der Waals surface area (Å²) in [4.78, 5) is 4.59. The van der Waals surface area contributed by atoms with Crippen LogP contribution in [0.2, 0.25) is 0 Å². The first kappa shape index (κ1) is 12.6. The van der Waals surface area contributed by atoms with Crippen molar-refractivity contribution in [1.82, 2.24) is 15.2 Å². The number of hydrogen-bond donors (Lipinski definition) is 3. The van der Waals surface area contributed by atoms with E-state index in [1.54, 1.807) is 12.1 Å². The number of H-pyrrole nitrogens is 1. The zero-order chi connectivity index (χ0) is 15.1. The van der Waals surface area contributed by atoms with Gasteiger partial charge in [0, 0.05) is 11.1 Å². The molecule has 4 rings (SSSR count). The van der Waals surface area contributed by atoms with E-state index in [1.165, 1.54) is 12.1 Å². The monoisotopic (exact) mass is 293 g/mol. The van der Waals surface area contributed by atoms with Crippen LogP contribution in [-0.2, 0) is 0 Å². The summed E-state index contributed by atoms with van der Waals surface area (Å²) in [6, 6.07) is 13.9. The lowest BCUT2D eigenvalue weighted by Gasteiger charge is -2.09. The lowest BCUT2D eigenvalue weighted by Crippen LogP contribution is -1.97. The van der Waals surface area contributed by atoms with Gasteiger partial charge < -0.3 is 11.1 Å². The second-order valence-electron chi connectivity index (χ2n) is 4.97. The van der Waals surface area contributed by atoms with Gasteiger partial charge in [0.1, 0.15) is 11.6 Å². The number of aromatic nitrogens is 3. The van der Waals surface area contributed by atoms with Crippen LogP contribution in [0.5, 0.6) is 0 Å². The Kier molecular flexibility index (Phi) is 2.69. The second-order valence-corrected chi connectivity index (χ2v) is 4.97. The van der Waals surface area contributed by atoms with Gasteiger partial charge in [0.15, 0.2) is 5.82 Å². The smallest absolute Gasteiger partial charge is 0.156 e. The van der Waals surface area contributed by atoms with E-state index in [-0.39, 0.29) is 5.82 Å². The number of nitrogens with one attached hydrogen (secondary N) is 2. The predicted molar refractivity (Wildman–Crippen MR) is 85.5 cm³/mol. The van der Waals surface area contributed by atoms with Crippen LogP contribution in [0, 0.1) is 5.82 Å². The number of nitrogen functional groups attached to an aromatic ring is 1. The first-order valence-corrected chi connectivity index (χ1v) is 6.77. The Hall–Kier alpha value is -3.15. The number of rotatable bonds is 2. The zero-order valence-corrected chi connectivity index (χ0v) is 11.5. The van der Waals surface area contributed by atoms with Gasteiger partial charge in [-0.05, 0) is 24.3 Å². The molecule has 108 valence electrons. The molecule has 0 bridgehead atoms. The fraction of sp³-hybridized carbons (Fsp3) is 0. The van der Waals surface area contributed by atoms with Crippen molar-refractivity contribution in [3.05, 3.63) is 54.3 Å². The zero-order valence-electron chi connectivity index (χ0n) is 11.5. The Labute approximate surface area is 125 Å². The van der Waals surface area contributed by atoms with E-state index in [9.17, 15) is 4.39 Å². The SMILES string of the molecule is Nc1n[nH]c2c1c(Nc1cccc(F)c1)nc1ccccc12. The molecule has 4 N–H and O–H groups in total. The molecule has 0 saturated carbocycles. The Bertz CT molecular complexity index is 992. The molecule has 5 nitrogen and oxygen atoms in total. The van der Waals surface area contributed by atoms with E-state index in [0.717, 1.165) is 16.4 Å². The molecule has 2 heterocycles. The molecule has 0 fully saturated rings. The Morgan fingerprint density at radius 2 is 1.95 bits per heavy atom. The lowest BCUT2D eigenvalue weighted by atomic mass is 10.1. The summed E-state index contributed by atoms with van der Waals surface area (Å²) < 4.78 is 13.4. The van der Waals surface area contributed by atoms with Crippen LogP contribution in [0.3, 0.4) is 0 Å². The van der Waals surface area contributed by atoms with E-state index in [1.807, 2.05) is 24.3 Å². The molecule has 0 radical (unpaired) electrons. The predicted octanol–water partition coefficient (Wildman–Crippen LogP) is 3.58. The highest BCUT2D eigenvalue weighted by atomic mass is 19.1. The normalized spacial score (nSPS) is 11.1. The standard InChI is InChI=1S/C16H12FN5/c17-9-4-3-5-10(8-9)19-16-13-14(21-22-15(13)18)11-6-1-2-7-12(11)20-16/h1-8H,(H,19,20)(H3,18,21,22). The summed E-state index contributed by atoms with van der Waals surface area (Å²) in [6.07, 6.45) is 0. The van der Waals surface area contributed by atoms with Crippen molar-refractivity contribution in [3.8, 4) is 0 Å². The van der Waals surface area contributed by atoms with Crippen molar-refractivity contribution in [2.75, 3.05) is 11.1 Å². The van der Waals surface area contributed by atoms with E-state index in [0.29, 0.717) is 22.7 Å². The van der Waals surface area contributed by atoms with Gasteiger partial charge in [-0.1, -0.05) is 24.3 Å². The van der Waals surface area contributed by atoms with Crippen LogP contribution in [0.1, 0.15) is 0 Å². The van der Waals surface area contributed by atoms with Crippen molar-refractivity contribution in [1.29, 1.82) is 0 Å².